The molecule has 1 heterocycles. The molecule has 208 valence electrons. The number of sulfonamides is 1. The number of aryl methyl sites for hydroxylation is 1. The Morgan fingerprint density at radius 1 is 1.13 bits per heavy atom. The molecule has 39 heavy (non-hydrogen) atoms. The van der Waals surface area contributed by atoms with Crippen LogP contribution in [0.1, 0.15) is 66.3 Å². The zero-order chi connectivity index (χ0) is 29.0. The third-order valence-corrected chi connectivity index (χ3v) is 8.11. The zero-order valence-corrected chi connectivity index (χ0v) is 23.5. The van der Waals surface area contributed by atoms with Crippen molar-refractivity contribution in [2.24, 2.45) is 5.92 Å². The van der Waals surface area contributed by atoms with Gasteiger partial charge in [-0.2, -0.15) is 5.26 Å². The molecule has 1 amide bonds. The first-order valence-electron chi connectivity index (χ1n) is 12.5. The summed E-state index contributed by atoms with van der Waals surface area (Å²) >= 11 is 0. The number of anilines is 1. The van der Waals surface area contributed by atoms with E-state index in [2.05, 4.69) is 5.32 Å². The second kappa shape index (κ2) is 11.9. The van der Waals surface area contributed by atoms with E-state index in [0.29, 0.717) is 6.42 Å². The van der Waals surface area contributed by atoms with E-state index in [9.17, 15) is 28.1 Å². The number of methoxy groups -OCH3 is 1. The number of alkyl carbamates (subject to hydrolysis) is 1. The lowest BCUT2D eigenvalue weighted by Gasteiger charge is -2.41. The highest BCUT2D eigenvalue weighted by Gasteiger charge is 2.45. The van der Waals surface area contributed by atoms with Crippen molar-refractivity contribution in [3.8, 4) is 6.07 Å². The molecule has 0 bridgehead atoms. The van der Waals surface area contributed by atoms with Crippen molar-refractivity contribution in [3.63, 3.8) is 0 Å². The van der Waals surface area contributed by atoms with E-state index in [1.807, 2.05) is 13.0 Å². The summed E-state index contributed by atoms with van der Waals surface area (Å²) in [4.78, 5) is 37.9. The van der Waals surface area contributed by atoms with Crippen molar-refractivity contribution in [3.05, 3.63) is 59.2 Å². The minimum absolute atomic E-state index is 0.0250. The average Bonchev–Trinajstić information content (AvgIpc) is 2.87. The number of Topliss-reactive ketones (excluding diaryl/α,β-unsaturated/α-hetero) is 1. The maximum atomic E-state index is 14.1. The number of carbonyl (C=O) groups is 3. The Labute approximate surface area is 228 Å². The fraction of sp³-hybridized carbons (Fsp3) is 0.429. The quantitative estimate of drug-likeness (QED) is 0.374. The summed E-state index contributed by atoms with van der Waals surface area (Å²) in [7, 11) is -2.98. The Morgan fingerprint density at radius 2 is 1.79 bits per heavy atom. The number of nitrogens with one attached hydrogen (secondary N) is 1. The molecule has 0 radical (unpaired) electrons. The second-order valence-corrected chi connectivity index (χ2v) is 12.1. The minimum Gasteiger partial charge on any atom is -0.465 e. The monoisotopic (exact) mass is 555 g/mol. The van der Waals surface area contributed by atoms with Gasteiger partial charge in [0.25, 0.3) is 10.0 Å². The number of nitrogens with zero attached hydrogens (tertiary/aromatic N) is 2. The van der Waals surface area contributed by atoms with Crippen LogP contribution in [0.2, 0.25) is 0 Å². The van der Waals surface area contributed by atoms with Crippen LogP contribution in [0.3, 0.4) is 0 Å². The molecule has 2 aromatic rings. The summed E-state index contributed by atoms with van der Waals surface area (Å²) in [6.07, 6.45) is -0.350. The zero-order valence-electron chi connectivity index (χ0n) is 22.7. The number of benzene rings is 2. The highest BCUT2D eigenvalue weighted by Crippen LogP contribution is 2.41. The van der Waals surface area contributed by atoms with Gasteiger partial charge in [0, 0.05) is 18.5 Å². The highest BCUT2D eigenvalue weighted by molar-refractivity contribution is 7.92. The van der Waals surface area contributed by atoms with Gasteiger partial charge in [0.15, 0.2) is 5.78 Å². The van der Waals surface area contributed by atoms with Gasteiger partial charge in [-0.15, -0.1) is 0 Å². The van der Waals surface area contributed by atoms with Gasteiger partial charge in [-0.05, 0) is 70.9 Å². The number of carbonyl (C=O) groups excluding carboxylic acids is 3. The Bertz CT molecular complexity index is 1390. The van der Waals surface area contributed by atoms with E-state index in [1.165, 1.54) is 41.7 Å². The average molecular weight is 556 g/mol. The number of nitriles is 1. The molecule has 0 aromatic heterocycles. The summed E-state index contributed by atoms with van der Waals surface area (Å²) in [5, 5.41) is 12.2. The lowest BCUT2D eigenvalue weighted by atomic mass is 9.81. The van der Waals surface area contributed by atoms with Crippen LogP contribution in [0, 0.1) is 24.2 Å². The van der Waals surface area contributed by atoms with Crippen LogP contribution in [0.5, 0.6) is 0 Å². The van der Waals surface area contributed by atoms with Crippen molar-refractivity contribution in [2.45, 2.75) is 63.5 Å². The van der Waals surface area contributed by atoms with E-state index >= 15 is 0 Å². The molecule has 0 saturated heterocycles. The number of ether oxygens (including phenoxy) is 2. The van der Waals surface area contributed by atoms with Crippen LogP contribution in [-0.4, -0.2) is 51.6 Å². The summed E-state index contributed by atoms with van der Waals surface area (Å²) < 4.78 is 39.3. The van der Waals surface area contributed by atoms with Gasteiger partial charge in [0.1, 0.15) is 5.60 Å². The third kappa shape index (κ3) is 6.75. The van der Waals surface area contributed by atoms with Crippen LogP contribution in [-0.2, 0) is 19.5 Å². The maximum Gasteiger partial charge on any atom is 0.407 e. The molecule has 3 rings (SSSR count). The summed E-state index contributed by atoms with van der Waals surface area (Å²) in [5.41, 5.74) is 0.430. The van der Waals surface area contributed by atoms with E-state index in [-0.39, 0.29) is 41.1 Å². The van der Waals surface area contributed by atoms with Crippen LogP contribution >= 0.6 is 0 Å². The number of amides is 1. The number of hydrogen-bond donors (Lipinski definition) is 1. The van der Waals surface area contributed by atoms with E-state index in [0.717, 1.165) is 5.56 Å². The standard InChI is InChI=1S/C28H33N3O7S/c1-18-8-11-20(12-9-18)39(35,36)31-23(7-6-16-30-27(34)38-28(2,3)4)21(14-15-29)25(32)22-17-19(26(33)37-5)10-13-24(22)31/h8-13,17,21,23H,6-7,14,16H2,1-5H3,(H,30,34)/t21-,23+/m1/s1. The van der Waals surface area contributed by atoms with Gasteiger partial charge in [-0.25, -0.2) is 18.0 Å². The van der Waals surface area contributed by atoms with E-state index in [1.54, 1.807) is 32.9 Å². The Kier molecular flexibility index (Phi) is 9.02. The van der Waals surface area contributed by atoms with E-state index < -0.39 is 45.4 Å². The number of fused-ring (bicyclic) bond motifs is 1. The predicted molar refractivity (Wildman–Crippen MR) is 144 cm³/mol. The molecule has 0 aliphatic carbocycles. The van der Waals surface area contributed by atoms with Crippen molar-refractivity contribution in [1.82, 2.24) is 5.32 Å². The van der Waals surface area contributed by atoms with Crippen molar-refractivity contribution >= 4 is 33.6 Å². The predicted octanol–water partition coefficient (Wildman–Crippen LogP) is 4.38. The first-order valence-corrected chi connectivity index (χ1v) is 14.0. The molecule has 10 nitrogen and oxygen atoms in total. The maximum absolute atomic E-state index is 14.1. The fourth-order valence-corrected chi connectivity index (χ4v) is 6.21. The molecule has 1 N–H and O–H groups in total. The summed E-state index contributed by atoms with van der Waals surface area (Å²) in [5.74, 6) is -2.10. The number of rotatable bonds is 8. The Hall–Kier alpha value is -3.91. The fourth-order valence-electron chi connectivity index (χ4n) is 4.48. The molecule has 1 aliphatic heterocycles. The van der Waals surface area contributed by atoms with Gasteiger partial charge < -0.3 is 14.8 Å². The van der Waals surface area contributed by atoms with Gasteiger partial charge in [-0.1, -0.05) is 17.7 Å². The summed E-state index contributed by atoms with van der Waals surface area (Å²) in [6.45, 7) is 7.23. The molecule has 2 atom stereocenters. The molecule has 0 saturated carbocycles. The highest BCUT2D eigenvalue weighted by atomic mass is 32.2. The van der Waals surface area contributed by atoms with Gasteiger partial charge in [0.05, 0.1) is 41.3 Å². The summed E-state index contributed by atoms with van der Waals surface area (Å²) in [6, 6.07) is 11.6. The number of ketones is 1. The SMILES string of the molecule is COC(=O)c1ccc2c(c1)C(=O)[C@H](CC#N)[C@H](CCCNC(=O)OC(C)(C)C)N2S(=O)(=O)c1ccc(C)cc1. The molecule has 11 heteroatoms. The second-order valence-electron chi connectivity index (χ2n) is 10.3. The molecular weight excluding hydrogens is 522 g/mol. The van der Waals surface area contributed by atoms with Gasteiger partial charge in [0.2, 0.25) is 0 Å². The van der Waals surface area contributed by atoms with Crippen LogP contribution in [0.25, 0.3) is 0 Å². The smallest absolute Gasteiger partial charge is 0.407 e. The van der Waals surface area contributed by atoms with Crippen LogP contribution in [0.4, 0.5) is 10.5 Å². The topological polar surface area (TPSA) is 143 Å². The van der Waals surface area contributed by atoms with Crippen molar-refractivity contribution < 1.29 is 32.3 Å². The van der Waals surface area contributed by atoms with Gasteiger partial charge in [-0.3, -0.25) is 9.10 Å². The van der Waals surface area contributed by atoms with E-state index in [4.69, 9.17) is 9.47 Å². The molecule has 0 spiro atoms. The number of esters is 1. The number of hydrogen-bond acceptors (Lipinski definition) is 8. The van der Waals surface area contributed by atoms with Gasteiger partial charge >= 0.3 is 12.1 Å². The molecule has 2 aromatic carbocycles. The normalized spacial score (nSPS) is 17.1. The Morgan fingerprint density at radius 3 is 2.38 bits per heavy atom. The van der Waals surface area contributed by atoms with Crippen molar-refractivity contribution in [2.75, 3.05) is 18.0 Å². The lowest BCUT2D eigenvalue weighted by Crippen LogP contribution is -2.51. The molecule has 0 fully saturated rings. The Balaban J connectivity index is 2.05. The minimum atomic E-state index is -4.19. The molecular formula is C28H33N3O7S. The molecule has 0 unspecified atom stereocenters. The first kappa shape index (κ1) is 29.6. The molecule has 1 aliphatic rings. The van der Waals surface area contributed by atoms with Crippen LogP contribution in [0.15, 0.2) is 47.4 Å². The third-order valence-electron chi connectivity index (χ3n) is 6.26. The first-order chi connectivity index (χ1) is 18.3. The largest absolute Gasteiger partial charge is 0.465 e. The lowest BCUT2D eigenvalue weighted by molar-refractivity contribution is 0.0524. The van der Waals surface area contributed by atoms with Crippen molar-refractivity contribution in [1.29, 1.82) is 5.26 Å². The van der Waals surface area contributed by atoms with Crippen LogP contribution < -0.4 is 9.62 Å².